The minimum Gasteiger partial charge on any atom is -0.391 e. The van der Waals surface area contributed by atoms with E-state index in [1.54, 1.807) is 19.1 Å². The van der Waals surface area contributed by atoms with Gasteiger partial charge in [0, 0.05) is 44.1 Å². The summed E-state index contributed by atoms with van der Waals surface area (Å²) < 4.78 is 13.2. The number of aliphatic hydroxyl groups is 1. The number of carbonyl (C=O) groups excluding carboxylic acids is 1. The molecule has 1 saturated heterocycles. The number of halogens is 1. The number of benzene rings is 2. The lowest BCUT2D eigenvalue weighted by Crippen LogP contribution is -2.40. The number of piperidine rings is 1. The summed E-state index contributed by atoms with van der Waals surface area (Å²) >= 11 is 0. The Balaban J connectivity index is 1.64. The lowest BCUT2D eigenvalue weighted by Gasteiger charge is -2.33. The van der Waals surface area contributed by atoms with Crippen molar-refractivity contribution in [2.24, 2.45) is 0 Å². The molecule has 0 radical (unpaired) electrons. The summed E-state index contributed by atoms with van der Waals surface area (Å²) in [6.07, 6.45) is 2.00. The molecule has 2 aromatic carbocycles. The molecule has 168 valence electrons. The van der Waals surface area contributed by atoms with Crippen molar-refractivity contribution in [3.05, 3.63) is 71.0 Å². The van der Waals surface area contributed by atoms with Gasteiger partial charge in [-0.2, -0.15) is 0 Å². The Bertz CT molecular complexity index is 1100. The van der Waals surface area contributed by atoms with Crippen LogP contribution in [0.15, 0.2) is 48.5 Å². The average molecular weight is 436 g/mol. The molecule has 32 heavy (non-hydrogen) atoms. The Hall–Kier alpha value is -2.99. The SMILES string of the molecule is CC(=O)N(CCc1ccc(F)cc1)Cc1cc2cccc(C)c2nc1N1CCCC(O)C1. The molecule has 1 aliphatic rings. The summed E-state index contributed by atoms with van der Waals surface area (Å²) in [5, 5.41) is 11.3. The first-order valence-electron chi connectivity index (χ1n) is 11.2. The maximum absolute atomic E-state index is 13.2. The molecule has 1 N–H and O–H groups in total. The molecule has 1 atom stereocenters. The van der Waals surface area contributed by atoms with Crippen LogP contribution >= 0.6 is 0 Å². The average Bonchev–Trinajstić information content (AvgIpc) is 2.77. The Morgan fingerprint density at radius 3 is 2.75 bits per heavy atom. The van der Waals surface area contributed by atoms with E-state index in [1.165, 1.54) is 12.1 Å². The Morgan fingerprint density at radius 2 is 2.03 bits per heavy atom. The van der Waals surface area contributed by atoms with Crippen LogP contribution in [0, 0.1) is 12.7 Å². The second-order valence-electron chi connectivity index (χ2n) is 8.68. The predicted octanol–water partition coefficient (Wildman–Crippen LogP) is 4.23. The summed E-state index contributed by atoms with van der Waals surface area (Å²) in [7, 11) is 0. The van der Waals surface area contributed by atoms with Crippen molar-refractivity contribution in [1.29, 1.82) is 0 Å². The lowest BCUT2D eigenvalue weighted by atomic mass is 10.0. The first-order valence-corrected chi connectivity index (χ1v) is 11.2. The lowest BCUT2D eigenvalue weighted by molar-refractivity contribution is -0.129. The second-order valence-corrected chi connectivity index (χ2v) is 8.68. The van der Waals surface area contributed by atoms with Gasteiger partial charge in [-0.15, -0.1) is 0 Å². The topological polar surface area (TPSA) is 56.7 Å². The summed E-state index contributed by atoms with van der Waals surface area (Å²) in [5.74, 6) is 0.572. The van der Waals surface area contributed by atoms with Crippen molar-refractivity contribution in [1.82, 2.24) is 9.88 Å². The van der Waals surface area contributed by atoms with Gasteiger partial charge in [-0.1, -0.05) is 30.3 Å². The van der Waals surface area contributed by atoms with Gasteiger partial charge in [-0.3, -0.25) is 4.79 Å². The summed E-state index contributed by atoms with van der Waals surface area (Å²) in [6.45, 7) is 5.99. The van der Waals surface area contributed by atoms with E-state index in [-0.39, 0.29) is 17.8 Å². The molecule has 1 aromatic heterocycles. The molecule has 1 amide bonds. The highest BCUT2D eigenvalue weighted by molar-refractivity contribution is 5.85. The van der Waals surface area contributed by atoms with Crippen LogP contribution in [0.2, 0.25) is 0 Å². The number of aliphatic hydroxyl groups excluding tert-OH is 1. The first kappa shape index (κ1) is 22.2. The zero-order chi connectivity index (χ0) is 22.7. The minimum absolute atomic E-state index is 0.0129. The van der Waals surface area contributed by atoms with Crippen molar-refractivity contribution in [2.75, 3.05) is 24.5 Å². The number of nitrogens with zero attached hydrogens (tertiary/aromatic N) is 3. The highest BCUT2D eigenvalue weighted by Crippen LogP contribution is 2.29. The number of aromatic nitrogens is 1. The standard InChI is InChI=1S/C26H30FN3O2/c1-18-5-3-6-21-15-22(26(28-25(18)21)30-13-4-7-24(32)17-30)16-29(19(2)31)14-12-20-8-10-23(27)11-9-20/h3,5-6,8-11,15,24,32H,4,7,12-14,16-17H2,1-2H3. The van der Waals surface area contributed by atoms with Crippen LogP contribution in [-0.2, 0) is 17.8 Å². The number of hydrogen-bond donors (Lipinski definition) is 1. The third-order valence-electron chi connectivity index (χ3n) is 6.19. The van der Waals surface area contributed by atoms with Gasteiger partial charge in [-0.25, -0.2) is 9.37 Å². The third kappa shape index (κ3) is 5.07. The molecule has 4 rings (SSSR count). The van der Waals surface area contributed by atoms with Crippen LogP contribution in [0.25, 0.3) is 10.9 Å². The minimum atomic E-state index is -0.367. The zero-order valence-electron chi connectivity index (χ0n) is 18.7. The number of β-amino-alcohol motifs (C(OH)–C–C–N with tert-alkyl or cyclic N) is 1. The van der Waals surface area contributed by atoms with Crippen LogP contribution in [0.3, 0.4) is 0 Å². The fourth-order valence-corrected chi connectivity index (χ4v) is 4.39. The molecule has 5 nitrogen and oxygen atoms in total. The van der Waals surface area contributed by atoms with Crippen LogP contribution in [0.5, 0.6) is 0 Å². The molecule has 0 bridgehead atoms. The predicted molar refractivity (Wildman–Crippen MR) is 125 cm³/mol. The number of fused-ring (bicyclic) bond motifs is 1. The maximum Gasteiger partial charge on any atom is 0.219 e. The molecule has 6 heteroatoms. The number of carbonyl (C=O) groups is 1. The molecule has 0 aliphatic carbocycles. The summed E-state index contributed by atoms with van der Waals surface area (Å²) in [6, 6.07) is 14.7. The molecule has 1 fully saturated rings. The molecule has 2 heterocycles. The second kappa shape index (κ2) is 9.65. The van der Waals surface area contributed by atoms with E-state index in [2.05, 4.69) is 24.0 Å². The Kier molecular flexibility index (Phi) is 6.70. The fraction of sp³-hybridized carbons (Fsp3) is 0.385. The smallest absolute Gasteiger partial charge is 0.219 e. The van der Waals surface area contributed by atoms with E-state index in [4.69, 9.17) is 4.98 Å². The number of anilines is 1. The summed E-state index contributed by atoms with van der Waals surface area (Å²) in [4.78, 5) is 21.4. The van der Waals surface area contributed by atoms with Gasteiger partial charge in [0.05, 0.1) is 11.6 Å². The van der Waals surface area contributed by atoms with Gasteiger partial charge in [0.2, 0.25) is 5.91 Å². The largest absolute Gasteiger partial charge is 0.391 e. The van der Waals surface area contributed by atoms with Crippen molar-refractivity contribution >= 4 is 22.6 Å². The molecule has 1 aliphatic heterocycles. The maximum atomic E-state index is 13.2. The molecule has 1 unspecified atom stereocenters. The fourth-order valence-electron chi connectivity index (χ4n) is 4.39. The number of pyridine rings is 1. The van der Waals surface area contributed by atoms with E-state index in [0.29, 0.717) is 26.1 Å². The van der Waals surface area contributed by atoms with Crippen LogP contribution < -0.4 is 4.90 Å². The van der Waals surface area contributed by atoms with Crippen molar-refractivity contribution in [3.8, 4) is 0 Å². The molecule has 0 saturated carbocycles. The quantitative estimate of drug-likeness (QED) is 0.629. The van der Waals surface area contributed by atoms with Gasteiger partial charge in [0.15, 0.2) is 0 Å². The number of rotatable bonds is 6. The molecular weight excluding hydrogens is 405 g/mol. The summed E-state index contributed by atoms with van der Waals surface area (Å²) in [5.41, 5.74) is 4.02. The molecular formula is C26H30FN3O2. The third-order valence-corrected chi connectivity index (χ3v) is 6.19. The zero-order valence-corrected chi connectivity index (χ0v) is 18.7. The van der Waals surface area contributed by atoms with E-state index in [1.807, 2.05) is 17.0 Å². The molecule has 0 spiro atoms. The van der Waals surface area contributed by atoms with E-state index in [9.17, 15) is 14.3 Å². The highest BCUT2D eigenvalue weighted by Gasteiger charge is 2.23. The van der Waals surface area contributed by atoms with Crippen molar-refractivity contribution < 1.29 is 14.3 Å². The molecule has 3 aromatic rings. The highest BCUT2D eigenvalue weighted by atomic mass is 19.1. The van der Waals surface area contributed by atoms with Gasteiger partial charge in [0.25, 0.3) is 0 Å². The van der Waals surface area contributed by atoms with Gasteiger partial charge >= 0.3 is 0 Å². The number of amides is 1. The first-order chi connectivity index (χ1) is 15.4. The van der Waals surface area contributed by atoms with Gasteiger partial charge in [0.1, 0.15) is 11.6 Å². The Labute approximate surface area is 188 Å². The van der Waals surface area contributed by atoms with E-state index < -0.39 is 0 Å². The van der Waals surface area contributed by atoms with Gasteiger partial charge < -0.3 is 14.9 Å². The van der Waals surface area contributed by atoms with E-state index in [0.717, 1.165) is 52.8 Å². The monoisotopic (exact) mass is 435 g/mol. The van der Waals surface area contributed by atoms with Crippen molar-refractivity contribution in [2.45, 2.75) is 45.8 Å². The number of hydrogen-bond acceptors (Lipinski definition) is 4. The number of para-hydroxylation sites is 1. The van der Waals surface area contributed by atoms with Gasteiger partial charge in [-0.05, 0) is 55.5 Å². The van der Waals surface area contributed by atoms with Crippen LogP contribution in [0.4, 0.5) is 10.2 Å². The normalized spacial score (nSPS) is 16.4. The number of aryl methyl sites for hydroxylation is 1. The van der Waals surface area contributed by atoms with Crippen LogP contribution in [0.1, 0.15) is 36.5 Å². The van der Waals surface area contributed by atoms with Crippen molar-refractivity contribution in [3.63, 3.8) is 0 Å². The van der Waals surface area contributed by atoms with Crippen LogP contribution in [-0.4, -0.2) is 46.6 Å². The Morgan fingerprint density at radius 1 is 1.25 bits per heavy atom. The van der Waals surface area contributed by atoms with E-state index >= 15 is 0 Å².